The molecule has 0 amide bonds. The highest BCUT2D eigenvalue weighted by atomic mass is 16.7. The molecule has 0 atom stereocenters. The maximum absolute atomic E-state index is 5.84. The van der Waals surface area contributed by atoms with Gasteiger partial charge in [0.2, 0.25) is 0 Å². The Bertz CT molecular complexity index is 679. The molecule has 0 unspecified atom stereocenters. The molecule has 0 aromatic heterocycles. The lowest BCUT2D eigenvalue weighted by molar-refractivity contribution is 0.0933. The second-order valence-corrected chi connectivity index (χ2v) is 4.33. The van der Waals surface area contributed by atoms with Gasteiger partial charge >= 0.3 is 0 Å². The first kappa shape index (κ1) is 12.2. The summed E-state index contributed by atoms with van der Waals surface area (Å²) in [6, 6.07) is 17.2. The van der Waals surface area contributed by atoms with Crippen molar-refractivity contribution in [2.45, 2.75) is 6.92 Å². The van der Waals surface area contributed by atoms with Gasteiger partial charge in [-0.2, -0.15) is 5.10 Å². The minimum absolute atomic E-state index is 0.515. The highest BCUT2D eigenvalue weighted by Crippen LogP contribution is 2.32. The summed E-state index contributed by atoms with van der Waals surface area (Å²) in [5, 5.41) is 5.38. The first-order valence-electron chi connectivity index (χ1n) is 6.25. The van der Waals surface area contributed by atoms with Crippen LogP contribution >= 0.6 is 0 Å². The van der Waals surface area contributed by atoms with Gasteiger partial charge in [-0.15, -0.1) is 5.06 Å². The molecule has 20 heavy (non-hydrogen) atoms. The summed E-state index contributed by atoms with van der Waals surface area (Å²) in [5.41, 5.74) is 1.66. The number of nitrogens with two attached hydrogens (primary N) is 1. The zero-order valence-corrected chi connectivity index (χ0v) is 11.0. The van der Waals surface area contributed by atoms with Crippen LogP contribution in [0.25, 0.3) is 0 Å². The van der Waals surface area contributed by atoms with Gasteiger partial charge in [0, 0.05) is 5.56 Å². The van der Waals surface area contributed by atoms with Gasteiger partial charge in [-0.3, -0.25) is 0 Å². The number of aliphatic imine (C=N–C) groups is 1. The zero-order chi connectivity index (χ0) is 13.9. The fourth-order valence-electron chi connectivity index (χ4n) is 2.04. The van der Waals surface area contributed by atoms with Gasteiger partial charge < -0.3 is 10.7 Å². The lowest BCUT2D eigenvalue weighted by Gasteiger charge is -2.28. The standard InChI is InChI=1S/C15H14N4O/c1-11-17-13-9-5-6-10-14(13)20-19(11)15(18-16)12-7-3-2-4-8-12/h2-10H,16H2,1H3/b18-15+. The molecule has 0 saturated heterocycles. The van der Waals surface area contributed by atoms with E-state index in [1.54, 1.807) is 0 Å². The largest absolute Gasteiger partial charge is 0.370 e. The van der Waals surface area contributed by atoms with Crippen LogP contribution in [0.4, 0.5) is 5.69 Å². The van der Waals surface area contributed by atoms with Gasteiger partial charge in [0.15, 0.2) is 11.6 Å². The van der Waals surface area contributed by atoms with Gasteiger partial charge in [0.05, 0.1) is 0 Å². The van der Waals surface area contributed by atoms with E-state index in [1.165, 1.54) is 5.06 Å². The van der Waals surface area contributed by atoms with Gasteiger partial charge in [-0.05, 0) is 19.1 Å². The van der Waals surface area contributed by atoms with Crippen LogP contribution in [0.2, 0.25) is 0 Å². The minimum Gasteiger partial charge on any atom is -0.370 e. The fourth-order valence-corrected chi connectivity index (χ4v) is 2.04. The van der Waals surface area contributed by atoms with Crippen LogP contribution in [0.15, 0.2) is 64.7 Å². The van der Waals surface area contributed by atoms with E-state index < -0.39 is 0 Å². The van der Waals surface area contributed by atoms with E-state index in [2.05, 4.69) is 10.1 Å². The smallest absolute Gasteiger partial charge is 0.196 e. The summed E-state index contributed by atoms with van der Waals surface area (Å²) < 4.78 is 0. The number of amidine groups is 2. The van der Waals surface area contributed by atoms with E-state index in [1.807, 2.05) is 61.5 Å². The highest BCUT2D eigenvalue weighted by molar-refractivity contribution is 6.08. The summed E-state index contributed by atoms with van der Waals surface area (Å²) in [5.74, 6) is 7.40. The number of hydrogen-bond donors (Lipinski definition) is 1. The summed E-state index contributed by atoms with van der Waals surface area (Å²) in [6.45, 7) is 1.85. The summed E-state index contributed by atoms with van der Waals surface area (Å²) in [6.07, 6.45) is 0. The third-order valence-electron chi connectivity index (χ3n) is 2.98. The lowest BCUT2D eigenvalue weighted by atomic mass is 10.2. The van der Waals surface area contributed by atoms with E-state index in [0.717, 1.165) is 11.3 Å². The van der Waals surface area contributed by atoms with Crippen molar-refractivity contribution in [2.24, 2.45) is 15.9 Å². The molecule has 0 radical (unpaired) electrons. The molecule has 5 nitrogen and oxygen atoms in total. The summed E-state index contributed by atoms with van der Waals surface area (Å²) >= 11 is 0. The van der Waals surface area contributed by atoms with Crippen LogP contribution in [0.3, 0.4) is 0 Å². The fraction of sp³-hybridized carbons (Fsp3) is 0.0667. The van der Waals surface area contributed by atoms with Crippen molar-refractivity contribution < 1.29 is 4.84 Å². The van der Waals surface area contributed by atoms with Gasteiger partial charge in [0.25, 0.3) is 0 Å². The van der Waals surface area contributed by atoms with E-state index in [4.69, 9.17) is 10.7 Å². The second-order valence-electron chi connectivity index (χ2n) is 4.33. The molecule has 1 aliphatic rings. The van der Waals surface area contributed by atoms with Gasteiger partial charge in [-0.25, -0.2) is 4.99 Å². The van der Waals surface area contributed by atoms with Crippen molar-refractivity contribution in [1.82, 2.24) is 5.06 Å². The first-order chi connectivity index (χ1) is 9.79. The normalized spacial score (nSPS) is 14.3. The van der Waals surface area contributed by atoms with E-state index >= 15 is 0 Å². The van der Waals surface area contributed by atoms with Crippen molar-refractivity contribution >= 4 is 17.4 Å². The van der Waals surface area contributed by atoms with Crippen LogP contribution in [-0.2, 0) is 0 Å². The van der Waals surface area contributed by atoms with Crippen LogP contribution in [0, 0.1) is 0 Å². The molecule has 0 bridgehead atoms. The Morgan fingerprint density at radius 1 is 1.10 bits per heavy atom. The molecule has 5 heteroatoms. The monoisotopic (exact) mass is 266 g/mol. The first-order valence-corrected chi connectivity index (χ1v) is 6.25. The quantitative estimate of drug-likeness (QED) is 0.373. The van der Waals surface area contributed by atoms with Crippen LogP contribution < -0.4 is 10.7 Å². The molecule has 3 rings (SSSR count). The molecule has 0 spiro atoms. The highest BCUT2D eigenvalue weighted by Gasteiger charge is 2.24. The average Bonchev–Trinajstić information content (AvgIpc) is 2.49. The van der Waals surface area contributed by atoms with Crippen LogP contribution in [-0.4, -0.2) is 16.7 Å². The molecule has 1 heterocycles. The van der Waals surface area contributed by atoms with Crippen molar-refractivity contribution in [2.75, 3.05) is 0 Å². The van der Waals surface area contributed by atoms with Crippen molar-refractivity contribution in [1.29, 1.82) is 0 Å². The Morgan fingerprint density at radius 3 is 2.55 bits per heavy atom. The number of para-hydroxylation sites is 2. The molecular weight excluding hydrogens is 252 g/mol. The topological polar surface area (TPSA) is 63.2 Å². The molecule has 2 aromatic rings. The number of hydrazone groups is 1. The van der Waals surface area contributed by atoms with Crippen LogP contribution in [0.1, 0.15) is 12.5 Å². The Labute approximate surface area is 117 Å². The lowest BCUT2D eigenvalue weighted by Crippen LogP contribution is -2.40. The number of rotatable bonds is 1. The van der Waals surface area contributed by atoms with Crippen molar-refractivity contribution in [3.8, 4) is 5.75 Å². The molecule has 2 aromatic carbocycles. The second kappa shape index (κ2) is 5.05. The number of hydroxylamine groups is 2. The minimum atomic E-state index is 0.515. The Hall–Kier alpha value is -2.82. The predicted octanol–water partition coefficient (Wildman–Crippen LogP) is 2.67. The molecule has 2 N–H and O–H groups in total. The van der Waals surface area contributed by atoms with Crippen molar-refractivity contribution in [3.05, 3.63) is 60.2 Å². The molecule has 0 aliphatic carbocycles. The van der Waals surface area contributed by atoms with Crippen molar-refractivity contribution in [3.63, 3.8) is 0 Å². The number of hydrogen-bond acceptors (Lipinski definition) is 4. The molecule has 100 valence electrons. The van der Waals surface area contributed by atoms with E-state index in [-0.39, 0.29) is 0 Å². The Morgan fingerprint density at radius 2 is 1.80 bits per heavy atom. The number of nitrogens with zero attached hydrogens (tertiary/aromatic N) is 3. The Kier molecular flexibility index (Phi) is 3.09. The predicted molar refractivity (Wildman–Crippen MR) is 78.8 cm³/mol. The summed E-state index contributed by atoms with van der Waals surface area (Å²) in [7, 11) is 0. The SMILES string of the molecule is CC1=Nc2ccccc2ON1/C(=N/N)c1ccccc1. The average molecular weight is 266 g/mol. The number of benzene rings is 2. The van der Waals surface area contributed by atoms with Gasteiger partial charge in [0.1, 0.15) is 11.5 Å². The third kappa shape index (κ3) is 2.09. The summed E-state index contributed by atoms with van der Waals surface area (Å²) in [4.78, 5) is 10.3. The maximum Gasteiger partial charge on any atom is 0.196 e. The molecule has 0 fully saturated rings. The maximum atomic E-state index is 5.84. The molecule has 1 aliphatic heterocycles. The molecular formula is C15H14N4O. The van der Waals surface area contributed by atoms with Gasteiger partial charge in [-0.1, -0.05) is 42.5 Å². The van der Waals surface area contributed by atoms with Crippen LogP contribution in [0.5, 0.6) is 5.75 Å². The Balaban J connectivity index is 2.00. The van der Waals surface area contributed by atoms with E-state index in [0.29, 0.717) is 17.4 Å². The molecule has 0 saturated carbocycles. The third-order valence-corrected chi connectivity index (χ3v) is 2.98. The zero-order valence-electron chi connectivity index (χ0n) is 11.0. The number of fused-ring (bicyclic) bond motifs is 1. The van der Waals surface area contributed by atoms with E-state index in [9.17, 15) is 0 Å².